The molecule has 1 saturated carbocycles. The molecule has 1 aliphatic carbocycles. The zero-order valence-corrected chi connectivity index (χ0v) is 8.25. The minimum absolute atomic E-state index is 0.297. The van der Waals surface area contributed by atoms with Crippen LogP contribution < -0.4 is 5.32 Å². The van der Waals surface area contributed by atoms with E-state index in [1.54, 1.807) is 0 Å². The molecule has 3 nitrogen and oxygen atoms in total. The van der Waals surface area contributed by atoms with Crippen LogP contribution in [0.15, 0.2) is 0 Å². The molecule has 13 heavy (non-hydrogen) atoms. The predicted octanol–water partition coefficient (Wildman–Crippen LogP) is 0.749. The zero-order valence-electron chi connectivity index (χ0n) is 8.25. The van der Waals surface area contributed by atoms with Crippen LogP contribution in [0.2, 0.25) is 0 Å². The molecule has 3 heteroatoms. The summed E-state index contributed by atoms with van der Waals surface area (Å²) in [6, 6.07) is 0.939. The van der Waals surface area contributed by atoms with Gasteiger partial charge in [-0.05, 0) is 19.8 Å². The normalized spacial score (nSPS) is 31.3. The third kappa shape index (κ3) is 1.70. The van der Waals surface area contributed by atoms with Crippen molar-refractivity contribution in [2.24, 2.45) is 0 Å². The van der Waals surface area contributed by atoms with Crippen molar-refractivity contribution < 1.29 is 4.79 Å². The maximum atomic E-state index is 11.7. The van der Waals surface area contributed by atoms with Gasteiger partial charge in [-0.1, -0.05) is 12.8 Å². The van der Waals surface area contributed by atoms with E-state index in [0.717, 1.165) is 6.54 Å². The van der Waals surface area contributed by atoms with Gasteiger partial charge in [0, 0.05) is 18.6 Å². The second-order valence-electron chi connectivity index (χ2n) is 4.22. The predicted molar refractivity (Wildman–Crippen MR) is 51.4 cm³/mol. The average Bonchev–Trinajstić information content (AvgIpc) is 2.57. The molecule has 0 radical (unpaired) electrons. The van der Waals surface area contributed by atoms with Crippen molar-refractivity contribution in [3.8, 4) is 0 Å². The Morgan fingerprint density at radius 3 is 2.69 bits per heavy atom. The second kappa shape index (κ2) is 3.66. The molecule has 1 saturated heterocycles. The number of hydrogen-bond donors (Lipinski definition) is 1. The number of carbonyl (C=O) groups is 1. The Morgan fingerprint density at radius 1 is 1.38 bits per heavy atom. The number of rotatable bonds is 1. The molecule has 2 fully saturated rings. The average molecular weight is 182 g/mol. The van der Waals surface area contributed by atoms with E-state index in [-0.39, 0.29) is 0 Å². The Hall–Kier alpha value is -0.570. The van der Waals surface area contributed by atoms with Crippen LogP contribution in [0.4, 0.5) is 0 Å². The Kier molecular flexibility index (Phi) is 2.54. The van der Waals surface area contributed by atoms with Crippen LogP contribution in [0.25, 0.3) is 0 Å². The summed E-state index contributed by atoms with van der Waals surface area (Å²) >= 11 is 0. The van der Waals surface area contributed by atoms with Gasteiger partial charge in [-0.3, -0.25) is 4.79 Å². The van der Waals surface area contributed by atoms with Crippen LogP contribution in [0.3, 0.4) is 0 Å². The van der Waals surface area contributed by atoms with E-state index in [2.05, 4.69) is 17.1 Å². The summed E-state index contributed by atoms with van der Waals surface area (Å²) in [5.41, 5.74) is 0. The maximum Gasteiger partial charge on any atom is 0.237 e. The Balaban J connectivity index is 2.04. The molecule has 0 spiro atoms. The number of carbonyl (C=O) groups excluding carboxylic acids is 1. The van der Waals surface area contributed by atoms with Gasteiger partial charge in [0.2, 0.25) is 5.91 Å². The zero-order chi connectivity index (χ0) is 9.26. The second-order valence-corrected chi connectivity index (χ2v) is 4.22. The monoisotopic (exact) mass is 182 g/mol. The van der Waals surface area contributed by atoms with Crippen molar-refractivity contribution in [3.63, 3.8) is 0 Å². The van der Waals surface area contributed by atoms with Crippen LogP contribution in [0.5, 0.6) is 0 Å². The first-order valence-corrected chi connectivity index (χ1v) is 5.31. The van der Waals surface area contributed by atoms with Crippen molar-refractivity contribution in [2.75, 3.05) is 13.1 Å². The third-order valence-corrected chi connectivity index (χ3v) is 3.20. The lowest BCUT2D eigenvalue weighted by Crippen LogP contribution is -2.56. The molecule has 1 amide bonds. The topological polar surface area (TPSA) is 32.3 Å². The SMILES string of the molecule is CC1CNCC(=O)N1C1CCCC1. The first-order chi connectivity index (χ1) is 6.29. The first kappa shape index (κ1) is 9.00. The summed E-state index contributed by atoms with van der Waals surface area (Å²) in [6.07, 6.45) is 5.04. The Bertz CT molecular complexity index is 199. The number of nitrogens with one attached hydrogen (secondary N) is 1. The van der Waals surface area contributed by atoms with Gasteiger partial charge >= 0.3 is 0 Å². The highest BCUT2D eigenvalue weighted by molar-refractivity contribution is 5.79. The van der Waals surface area contributed by atoms with Crippen LogP contribution in [-0.4, -0.2) is 36.0 Å². The van der Waals surface area contributed by atoms with Crippen molar-refractivity contribution in [1.29, 1.82) is 0 Å². The molecular formula is C10H18N2O. The summed E-state index contributed by atoms with van der Waals surface area (Å²) < 4.78 is 0. The maximum absolute atomic E-state index is 11.7. The highest BCUT2D eigenvalue weighted by Gasteiger charge is 2.32. The molecule has 1 atom stereocenters. The van der Waals surface area contributed by atoms with Crippen LogP contribution in [0, 0.1) is 0 Å². The quantitative estimate of drug-likeness (QED) is 0.649. The number of piperazine rings is 1. The number of nitrogens with zero attached hydrogens (tertiary/aromatic N) is 1. The standard InChI is InChI=1S/C10H18N2O/c1-8-6-11-7-10(13)12(8)9-4-2-3-5-9/h8-9,11H,2-7H2,1H3. The van der Waals surface area contributed by atoms with Gasteiger partial charge in [0.25, 0.3) is 0 Å². The third-order valence-electron chi connectivity index (χ3n) is 3.20. The van der Waals surface area contributed by atoms with E-state index in [4.69, 9.17) is 0 Å². The van der Waals surface area contributed by atoms with Gasteiger partial charge in [0.05, 0.1) is 6.54 Å². The van der Waals surface area contributed by atoms with Crippen molar-refractivity contribution in [2.45, 2.75) is 44.7 Å². The number of hydrogen-bond acceptors (Lipinski definition) is 2. The molecule has 74 valence electrons. The highest BCUT2D eigenvalue weighted by Crippen LogP contribution is 2.25. The summed E-state index contributed by atoms with van der Waals surface area (Å²) in [5, 5.41) is 3.15. The van der Waals surface area contributed by atoms with Gasteiger partial charge < -0.3 is 10.2 Å². The largest absolute Gasteiger partial charge is 0.335 e. The van der Waals surface area contributed by atoms with Gasteiger partial charge in [-0.25, -0.2) is 0 Å². The Labute approximate surface area is 79.5 Å². The van der Waals surface area contributed by atoms with Crippen molar-refractivity contribution in [1.82, 2.24) is 10.2 Å². The van der Waals surface area contributed by atoms with Crippen LogP contribution in [-0.2, 0) is 4.79 Å². The molecule has 0 aromatic heterocycles. The van der Waals surface area contributed by atoms with E-state index >= 15 is 0 Å². The molecule has 1 N–H and O–H groups in total. The molecule has 0 bridgehead atoms. The van der Waals surface area contributed by atoms with E-state index in [0.29, 0.717) is 24.5 Å². The summed E-state index contributed by atoms with van der Waals surface area (Å²) in [4.78, 5) is 13.8. The van der Waals surface area contributed by atoms with Gasteiger partial charge in [0.15, 0.2) is 0 Å². The van der Waals surface area contributed by atoms with E-state index in [1.807, 2.05) is 0 Å². The van der Waals surface area contributed by atoms with Crippen LogP contribution in [0.1, 0.15) is 32.6 Å². The van der Waals surface area contributed by atoms with E-state index in [1.165, 1.54) is 25.7 Å². The van der Waals surface area contributed by atoms with E-state index < -0.39 is 0 Å². The smallest absolute Gasteiger partial charge is 0.237 e. The molecule has 1 unspecified atom stereocenters. The molecule has 0 aromatic rings. The molecule has 2 aliphatic rings. The molecule has 1 aliphatic heterocycles. The van der Waals surface area contributed by atoms with Crippen LogP contribution >= 0.6 is 0 Å². The minimum Gasteiger partial charge on any atom is -0.335 e. The fourth-order valence-electron chi connectivity index (χ4n) is 2.57. The van der Waals surface area contributed by atoms with Gasteiger partial charge in [0.1, 0.15) is 0 Å². The van der Waals surface area contributed by atoms with Crippen molar-refractivity contribution >= 4 is 5.91 Å². The lowest BCUT2D eigenvalue weighted by molar-refractivity contribution is -0.137. The van der Waals surface area contributed by atoms with Gasteiger partial charge in [-0.15, -0.1) is 0 Å². The lowest BCUT2D eigenvalue weighted by atomic mass is 10.1. The molecule has 2 rings (SSSR count). The minimum atomic E-state index is 0.297. The lowest BCUT2D eigenvalue weighted by Gasteiger charge is -2.38. The summed E-state index contributed by atoms with van der Waals surface area (Å²) in [6.45, 7) is 3.64. The molecular weight excluding hydrogens is 164 g/mol. The Morgan fingerprint density at radius 2 is 2.08 bits per heavy atom. The first-order valence-electron chi connectivity index (χ1n) is 5.31. The van der Waals surface area contributed by atoms with Crippen molar-refractivity contribution in [3.05, 3.63) is 0 Å². The number of amides is 1. The fourth-order valence-corrected chi connectivity index (χ4v) is 2.57. The molecule has 0 aromatic carbocycles. The highest BCUT2D eigenvalue weighted by atomic mass is 16.2. The van der Waals surface area contributed by atoms with Gasteiger partial charge in [-0.2, -0.15) is 0 Å². The summed E-state index contributed by atoms with van der Waals surface area (Å²) in [7, 11) is 0. The molecule has 1 heterocycles. The fraction of sp³-hybridized carbons (Fsp3) is 0.900. The summed E-state index contributed by atoms with van der Waals surface area (Å²) in [5.74, 6) is 0.297. The van der Waals surface area contributed by atoms with E-state index in [9.17, 15) is 4.79 Å².